The van der Waals surface area contributed by atoms with Gasteiger partial charge in [0.25, 0.3) is 0 Å². The van der Waals surface area contributed by atoms with Gasteiger partial charge in [-0.1, -0.05) is 19.8 Å². The van der Waals surface area contributed by atoms with Crippen LogP contribution in [0.5, 0.6) is 0 Å². The van der Waals surface area contributed by atoms with Gasteiger partial charge in [0.1, 0.15) is 0 Å². The van der Waals surface area contributed by atoms with Gasteiger partial charge in [0.15, 0.2) is 5.90 Å². The Morgan fingerprint density at radius 1 is 1.25 bits per heavy atom. The maximum Gasteiger partial charge on any atom is 0.185 e. The van der Waals surface area contributed by atoms with E-state index in [-0.39, 0.29) is 0 Å². The first kappa shape index (κ1) is 15.4. The van der Waals surface area contributed by atoms with E-state index in [1.807, 2.05) is 6.92 Å². The van der Waals surface area contributed by atoms with Crippen LogP contribution in [0.1, 0.15) is 39.5 Å². The SMILES string of the molecule is CCN=C(OC)C(C)CCCCCN(C)C. The van der Waals surface area contributed by atoms with Gasteiger partial charge >= 0.3 is 0 Å². The number of hydrogen-bond acceptors (Lipinski definition) is 3. The first-order valence-corrected chi connectivity index (χ1v) is 6.34. The van der Waals surface area contributed by atoms with Crippen molar-refractivity contribution in [1.82, 2.24) is 4.90 Å². The Bertz CT molecular complexity index is 190. The molecule has 0 radical (unpaired) electrons. The fourth-order valence-corrected chi connectivity index (χ4v) is 1.76. The third-order valence-electron chi connectivity index (χ3n) is 2.69. The number of ether oxygens (including phenoxy) is 1. The van der Waals surface area contributed by atoms with Crippen molar-refractivity contribution in [3.63, 3.8) is 0 Å². The average molecular weight is 228 g/mol. The molecule has 0 saturated carbocycles. The Balaban J connectivity index is 3.63. The Hall–Kier alpha value is -0.570. The molecule has 0 bridgehead atoms. The van der Waals surface area contributed by atoms with Crippen LogP contribution in [0.4, 0.5) is 0 Å². The topological polar surface area (TPSA) is 24.8 Å². The molecule has 0 aromatic rings. The van der Waals surface area contributed by atoms with Crippen LogP contribution in [0.15, 0.2) is 4.99 Å². The highest BCUT2D eigenvalue weighted by Crippen LogP contribution is 2.12. The molecule has 0 heterocycles. The lowest BCUT2D eigenvalue weighted by Crippen LogP contribution is -2.15. The summed E-state index contributed by atoms with van der Waals surface area (Å²) in [5, 5.41) is 0. The zero-order chi connectivity index (χ0) is 12.4. The van der Waals surface area contributed by atoms with Crippen LogP contribution in [-0.2, 0) is 4.74 Å². The van der Waals surface area contributed by atoms with E-state index in [1.54, 1.807) is 7.11 Å². The largest absolute Gasteiger partial charge is 0.484 e. The van der Waals surface area contributed by atoms with E-state index in [2.05, 4.69) is 30.9 Å². The molecular formula is C13H28N2O. The van der Waals surface area contributed by atoms with Crippen LogP contribution >= 0.6 is 0 Å². The number of nitrogens with zero attached hydrogens (tertiary/aromatic N) is 2. The van der Waals surface area contributed by atoms with Crippen molar-refractivity contribution in [3.8, 4) is 0 Å². The minimum Gasteiger partial charge on any atom is -0.484 e. The van der Waals surface area contributed by atoms with Gasteiger partial charge in [-0.2, -0.15) is 0 Å². The van der Waals surface area contributed by atoms with Crippen LogP contribution in [-0.4, -0.2) is 45.1 Å². The molecule has 16 heavy (non-hydrogen) atoms. The first-order chi connectivity index (χ1) is 7.61. The van der Waals surface area contributed by atoms with E-state index in [9.17, 15) is 0 Å². The highest BCUT2D eigenvalue weighted by Gasteiger charge is 2.09. The van der Waals surface area contributed by atoms with Gasteiger partial charge in [-0.25, -0.2) is 0 Å². The van der Waals surface area contributed by atoms with E-state index < -0.39 is 0 Å². The second kappa shape index (κ2) is 9.64. The summed E-state index contributed by atoms with van der Waals surface area (Å²) in [6, 6.07) is 0. The fraction of sp³-hybridized carbons (Fsp3) is 0.923. The molecule has 0 spiro atoms. The molecule has 0 aromatic heterocycles. The maximum absolute atomic E-state index is 5.29. The third-order valence-corrected chi connectivity index (χ3v) is 2.69. The molecule has 1 atom stereocenters. The molecular weight excluding hydrogens is 200 g/mol. The maximum atomic E-state index is 5.29. The monoisotopic (exact) mass is 228 g/mol. The Kier molecular flexibility index (Phi) is 9.30. The van der Waals surface area contributed by atoms with Gasteiger partial charge < -0.3 is 9.64 Å². The summed E-state index contributed by atoms with van der Waals surface area (Å²) >= 11 is 0. The number of hydrogen-bond donors (Lipinski definition) is 0. The lowest BCUT2D eigenvalue weighted by molar-refractivity contribution is 0.355. The molecule has 0 saturated heterocycles. The lowest BCUT2D eigenvalue weighted by Gasteiger charge is -2.14. The fourth-order valence-electron chi connectivity index (χ4n) is 1.76. The van der Waals surface area contributed by atoms with Crippen LogP contribution in [0.2, 0.25) is 0 Å². The van der Waals surface area contributed by atoms with E-state index >= 15 is 0 Å². The number of methoxy groups -OCH3 is 1. The quantitative estimate of drug-likeness (QED) is 0.362. The van der Waals surface area contributed by atoms with Crippen LogP contribution in [0.25, 0.3) is 0 Å². The molecule has 0 aliphatic heterocycles. The van der Waals surface area contributed by atoms with Crippen molar-refractivity contribution >= 4 is 5.90 Å². The van der Waals surface area contributed by atoms with Crippen molar-refractivity contribution < 1.29 is 4.74 Å². The lowest BCUT2D eigenvalue weighted by atomic mass is 10.0. The third kappa shape index (κ3) is 7.69. The zero-order valence-electron chi connectivity index (χ0n) is 11.6. The summed E-state index contributed by atoms with van der Waals surface area (Å²) in [4.78, 5) is 6.59. The number of unbranched alkanes of at least 4 members (excludes halogenated alkanes) is 2. The van der Waals surface area contributed by atoms with Gasteiger partial charge in [0.05, 0.1) is 7.11 Å². The van der Waals surface area contributed by atoms with E-state index in [0.29, 0.717) is 5.92 Å². The second-order valence-corrected chi connectivity index (χ2v) is 4.57. The summed E-state index contributed by atoms with van der Waals surface area (Å²) in [6.07, 6.45) is 5.03. The smallest absolute Gasteiger partial charge is 0.185 e. The average Bonchev–Trinajstić information content (AvgIpc) is 2.24. The molecule has 1 unspecified atom stereocenters. The molecule has 0 fully saturated rings. The van der Waals surface area contributed by atoms with Crippen molar-refractivity contribution in [2.24, 2.45) is 10.9 Å². The molecule has 3 heteroatoms. The van der Waals surface area contributed by atoms with E-state index in [1.165, 1.54) is 32.2 Å². The molecule has 0 rings (SSSR count). The molecule has 0 aliphatic carbocycles. The predicted octanol–water partition coefficient (Wildman–Crippen LogP) is 2.81. The zero-order valence-corrected chi connectivity index (χ0v) is 11.6. The van der Waals surface area contributed by atoms with E-state index in [4.69, 9.17) is 4.74 Å². The van der Waals surface area contributed by atoms with Crippen molar-refractivity contribution in [1.29, 1.82) is 0 Å². The first-order valence-electron chi connectivity index (χ1n) is 6.34. The Morgan fingerprint density at radius 2 is 1.94 bits per heavy atom. The van der Waals surface area contributed by atoms with Crippen molar-refractivity contribution in [3.05, 3.63) is 0 Å². The summed E-state index contributed by atoms with van der Waals surface area (Å²) in [7, 11) is 5.97. The van der Waals surface area contributed by atoms with Crippen molar-refractivity contribution in [2.75, 3.05) is 34.3 Å². The summed E-state index contributed by atoms with van der Waals surface area (Å²) in [6.45, 7) is 6.25. The molecule has 96 valence electrons. The summed E-state index contributed by atoms with van der Waals surface area (Å²) in [5.41, 5.74) is 0. The van der Waals surface area contributed by atoms with Crippen LogP contribution < -0.4 is 0 Å². The van der Waals surface area contributed by atoms with Crippen LogP contribution in [0.3, 0.4) is 0 Å². The second-order valence-electron chi connectivity index (χ2n) is 4.57. The molecule has 3 nitrogen and oxygen atoms in total. The normalized spacial score (nSPS) is 14.2. The van der Waals surface area contributed by atoms with E-state index in [0.717, 1.165) is 12.4 Å². The van der Waals surface area contributed by atoms with Crippen LogP contribution in [0, 0.1) is 5.92 Å². The van der Waals surface area contributed by atoms with Gasteiger partial charge in [0.2, 0.25) is 0 Å². The van der Waals surface area contributed by atoms with Gasteiger partial charge in [-0.3, -0.25) is 4.99 Å². The summed E-state index contributed by atoms with van der Waals surface area (Å²) < 4.78 is 5.29. The highest BCUT2D eigenvalue weighted by atomic mass is 16.5. The Morgan fingerprint density at radius 3 is 2.44 bits per heavy atom. The predicted molar refractivity (Wildman–Crippen MR) is 71.2 cm³/mol. The minimum absolute atomic E-state index is 0.462. The number of rotatable bonds is 8. The standard InChI is InChI=1S/C13H28N2O/c1-6-14-13(16-5)12(2)10-8-7-9-11-15(3)4/h12H,6-11H2,1-5H3. The molecule has 0 N–H and O–H groups in total. The molecule has 0 amide bonds. The molecule has 0 aliphatic rings. The highest BCUT2D eigenvalue weighted by molar-refractivity contribution is 5.78. The van der Waals surface area contributed by atoms with Gasteiger partial charge in [-0.05, 0) is 40.4 Å². The molecule has 0 aromatic carbocycles. The summed E-state index contributed by atoms with van der Waals surface area (Å²) in [5.74, 6) is 1.37. The number of aliphatic imine (C=N–C) groups is 1. The Labute approximate surface area is 101 Å². The van der Waals surface area contributed by atoms with Gasteiger partial charge in [-0.15, -0.1) is 0 Å². The minimum atomic E-state index is 0.462. The van der Waals surface area contributed by atoms with Crippen molar-refractivity contribution in [2.45, 2.75) is 39.5 Å². The van der Waals surface area contributed by atoms with Gasteiger partial charge in [0, 0.05) is 12.5 Å².